The summed E-state index contributed by atoms with van der Waals surface area (Å²) in [5.74, 6) is 1.10. The number of rotatable bonds is 11. The molecule has 2 heterocycles. The summed E-state index contributed by atoms with van der Waals surface area (Å²) < 4.78 is 44.5. The Morgan fingerprint density at radius 1 is 0.531 bits per heavy atom. The van der Waals surface area contributed by atoms with Crippen molar-refractivity contribution in [2.75, 3.05) is 6.61 Å². The first kappa shape index (κ1) is 31.5. The van der Waals surface area contributed by atoms with Crippen LogP contribution in [-0.2, 0) is 4.74 Å². The predicted octanol–water partition coefficient (Wildman–Crippen LogP) is 6.73. The van der Waals surface area contributed by atoms with E-state index in [0.29, 0.717) is 23.0 Å². The number of fused-ring (bicyclic) bond motifs is 1. The Balaban J connectivity index is 1.31. The number of hydrogen-bond donors (Lipinski definition) is 2. The molecule has 1 saturated heterocycles. The largest absolute Gasteiger partial charge is 0.504 e. The predicted molar refractivity (Wildman–Crippen MR) is 180 cm³/mol. The maximum atomic E-state index is 12.1. The standard InChI is InChI=1S/C39H32O10/c40-33-30-22-21-29(23-31(30)48-38(42)34(33)41)47-39-37(46-28-19-11-4-12-20-28)36(45-27-17-9-3-10-18-27)35(44-26-15-7-2-8-16-26)32(49-39)24-43-25-13-5-1-6-14-25/h1-23,32,35-37,39-41H,24H2/t32-,35-,36+,37+,39+/m1/s1. The van der Waals surface area contributed by atoms with Crippen LogP contribution in [-0.4, -0.2) is 47.5 Å². The molecule has 0 unspecified atom stereocenters. The van der Waals surface area contributed by atoms with Gasteiger partial charge in [0.15, 0.2) is 18.0 Å². The van der Waals surface area contributed by atoms with Gasteiger partial charge in [0, 0.05) is 6.07 Å². The van der Waals surface area contributed by atoms with Crippen LogP contribution in [0.15, 0.2) is 149 Å². The molecule has 10 nitrogen and oxygen atoms in total. The minimum absolute atomic E-state index is 0.000436. The molecule has 0 amide bonds. The molecule has 5 atom stereocenters. The topological polar surface area (TPSA) is 126 Å². The number of ether oxygens (including phenoxy) is 6. The summed E-state index contributed by atoms with van der Waals surface area (Å²) in [5.41, 5.74) is -1.09. The van der Waals surface area contributed by atoms with Crippen molar-refractivity contribution in [3.8, 4) is 40.2 Å². The SMILES string of the molecule is O=c1oc2cc(O[C@H]3O[C@H](COc4ccccc4)[C@@H](Oc4ccccc4)[C@H](Oc4ccccc4)[C@@H]3Oc3ccccc3)ccc2c(O)c1O. The molecule has 10 heteroatoms. The van der Waals surface area contributed by atoms with E-state index in [4.69, 9.17) is 32.8 Å². The third-order valence-corrected chi connectivity index (χ3v) is 7.88. The van der Waals surface area contributed by atoms with Crippen LogP contribution < -0.4 is 29.3 Å². The van der Waals surface area contributed by atoms with Gasteiger partial charge in [-0.15, -0.1) is 0 Å². The summed E-state index contributed by atoms with van der Waals surface area (Å²) in [7, 11) is 0. The number of aromatic hydroxyl groups is 2. The first-order valence-electron chi connectivity index (χ1n) is 15.7. The molecule has 248 valence electrons. The van der Waals surface area contributed by atoms with Crippen LogP contribution in [0.5, 0.6) is 40.2 Å². The molecule has 0 aliphatic carbocycles. The third kappa shape index (κ3) is 7.24. The second-order valence-electron chi connectivity index (χ2n) is 11.2. The van der Waals surface area contributed by atoms with Crippen LogP contribution in [0, 0.1) is 0 Å². The molecule has 49 heavy (non-hydrogen) atoms. The molecule has 0 radical (unpaired) electrons. The van der Waals surface area contributed by atoms with Gasteiger partial charge in [-0.25, -0.2) is 4.79 Å². The average molecular weight is 661 g/mol. The third-order valence-electron chi connectivity index (χ3n) is 7.88. The lowest BCUT2D eigenvalue weighted by atomic mass is 9.97. The smallest absolute Gasteiger partial charge is 0.382 e. The van der Waals surface area contributed by atoms with E-state index in [-0.39, 0.29) is 23.3 Å². The van der Waals surface area contributed by atoms with Gasteiger partial charge in [-0.05, 0) is 60.7 Å². The fraction of sp³-hybridized carbons (Fsp3) is 0.154. The Morgan fingerprint density at radius 3 is 1.61 bits per heavy atom. The minimum Gasteiger partial charge on any atom is -0.504 e. The molecule has 1 aliphatic rings. The lowest BCUT2D eigenvalue weighted by Crippen LogP contribution is -2.66. The van der Waals surface area contributed by atoms with Crippen molar-refractivity contribution >= 4 is 11.0 Å². The first-order chi connectivity index (χ1) is 24.0. The Hall–Kier alpha value is -6.13. The van der Waals surface area contributed by atoms with Gasteiger partial charge in [0.1, 0.15) is 47.0 Å². The summed E-state index contributed by atoms with van der Waals surface area (Å²) in [6.07, 6.45) is -4.40. The Bertz CT molecular complexity index is 2020. The molecule has 5 aromatic carbocycles. The summed E-state index contributed by atoms with van der Waals surface area (Å²) in [6, 6.07) is 41.7. The van der Waals surface area contributed by atoms with E-state index < -0.39 is 47.8 Å². The van der Waals surface area contributed by atoms with Crippen LogP contribution in [0.25, 0.3) is 11.0 Å². The van der Waals surface area contributed by atoms with Crippen molar-refractivity contribution in [2.45, 2.75) is 30.7 Å². The zero-order valence-corrected chi connectivity index (χ0v) is 26.0. The zero-order valence-electron chi connectivity index (χ0n) is 26.0. The van der Waals surface area contributed by atoms with Crippen molar-refractivity contribution in [3.63, 3.8) is 0 Å². The first-order valence-corrected chi connectivity index (χ1v) is 15.7. The van der Waals surface area contributed by atoms with E-state index in [1.54, 1.807) is 6.07 Å². The van der Waals surface area contributed by atoms with Crippen LogP contribution in [0.2, 0.25) is 0 Å². The van der Waals surface area contributed by atoms with E-state index in [2.05, 4.69) is 0 Å². The van der Waals surface area contributed by atoms with Crippen LogP contribution in [0.3, 0.4) is 0 Å². The van der Waals surface area contributed by atoms with E-state index >= 15 is 0 Å². The molecular weight excluding hydrogens is 628 g/mol. The van der Waals surface area contributed by atoms with Crippen LogP contribution >= 0.6 is 0 Å². The zero-order chi connectivity index (χ0) is 33.6. The van der Waals surface area contributed by atoms with Crippen LogP contribution in [0.1, 0.15) is 0 Å². The molecular formula is C39H32O10. The molecule has 6 aromatic rings. The van der Waals surface area contributed by atoms with Gasteiger partial charge in [-0.1, -0.05) is 72.8 Å². The highest BCUT2D eigenvalue weighted by Crippen LogP contribution is 2.36. The van der Waals surface area contributed by atoms with Crippen molar-refractivity contribution in [2.24, 2.45) is 0 Å². The summed E-state index contributed by atoms with van der Waals surface area (Å²) in [4.78, 5) is 12.1. The van der Waals surface area contributed by atoms with Crippen molar-refractivity contribution < 1.29 is 43.1 Å². The minimum atomic E-state index is -1.12. The Morgan fingerprint density at radius 2 is 1.04 bits per heavy atom. The second-order valence-corrected chi connectivity index (χ2v) is 11.2. The molecule has 7 rings (SSSR count). The molecule has 2 N–H and O–H groups in total. The highest BCUT2D eigenvalue weighted by Gasteiger charge is 2.52. The monoisotopic (exact) mass is 660 g/mol. The van der Waals surface area contributed by atoms with E-state index in [1.807, 2.05) is 121 Å². The Labute approximate surface area is 281 Å². The fourth-order valence-electron chi connectivity index (χ4n) is 5.54. The van der Waals surface area contributed by atoms with Crippen molar-refractivity contribution in [3.05, 3.63) is 150 Å². The maximum absolute atomic E-state index is 12.1. The highest BCUT2D eigenvalue weighted by molar-refractivity contribution is 5.86. The number of para-hydroxylation sites is 4. The summed E-state index contributed by atoms with van der Waals surface area (Å²) in [6.45, 7) is 0.0633. The van der Waals surface area contributed by atoms with Gasteiger partial charge < -0.3 is 43.1 Å². The molecule has 1 aromatic heterocycles. The highest BCUT2D eigenvalue weighted by atomic mass is 16.7. The quantitative estimate of drug-likeness (QED) is 0.145. The average Bonchev–Trinajstić information content (AvgIpc) is 3.14. The molecule has 1 aliphatic heterocycles. The van der Waals surface area contributed by atoms with Gasteiger partial charge in [0.05, 0.1) is 5.39 Å². The van der Waals surface area contributed by atoms with Crippen LogP contribution in [0.4, 0.5) is 0 Å². The molecule has 0 spiro atoms. The lowest BCUT2D eigenvalue weighted by molar-refractivity contribution is -0.260. The van der Waals surface area contributed by atoms with Gasteiger partial charge in [-0.2, -0.15) is 0 Å². The van der Waals surface area contributed by atoms with Crippen molar-refractivity contribution in [1.29, 1.82) is 0 Å². The van der Waals surface area contributed by atoms with E-state index in [1.165, 1.54) is 12.1 Å². The Kier molecular flexibility index (Phi) is 9.20. The molecule has 0 bridgehead atoms. The number of hydrogen-bond acceptors (Lipinski definition) is 10. The van der Waals surface area contributed by atoms with Gasteiger partial charge in [0.2, 0.25) is 18.1 Å². The fourth-order valence-corrected chi connectivity index (χ4v) is 5.54. The lowest BCUT2D eigenvalue weighted by Gasteiger charge is -2.45. The molecule has 1 fully saturated rings. The van der Waals surface area contributed by atoms with Gasteiger partial charge in [-0.3, -0.25) is 0 Å². The van der Waals surface area contributed by atoms with E-state index in [9.17, 15) is 15.0 Å². The van der Waals surface area contributed by atoms with Gasteiger partial charge >= 0.3 is 5.63 Å². The van der Waals surface area contributed by atoms with Crippen molar-refractivity contribution in [1.82, 2.24) is 0 Å². The molecule has 0 saturated carbocycles. The normalized spacial score (nSPS) is 20.3. The number of benzene rings is 5. The second kappa shape index (κ2) is 14.3. The van der Waals surface area contributed by atoms with Gasteiger partial charge in [0.25, 0.3) is 0 Å². The van der Waals surface area contributed by atoms with E-state index in [0.717, 1.165) is 0 Å². The maximum Gasteiger partial charge on any atom is 0.382 e. The summed E-state index contributed by atoms with van der Waals surface area (Å²) >= 11 is 0. The summed E-state index contributed by atoms with van der Waals surface area (Å²) in [5, 5.41) is 20.3.